The SMILES string of the molecule is Cc1ccccc1NC(=O)N1CCN(CCO)CC1. The zero-order chi connectivity index (χ0) is 13.7. The number of amides is 2. The van der Waals surface area contributed by atoms with Gasteiger partial charge in [-0.3, -0.25) is 4.90 Å². The fourth-order valence-electron chi connectivity index (χ4n) is 2.22. The second-order valence-electron chi connectivity index (χ2n) is 4.80. The molecule has 5 heteroatoms. The predicted molar refractivity (Wildman–Crippen MR) is 75.3 cm³/mol. The zero-order valence-corrected chi connectivity index (χ0v) is 11.3. The Kier molecular flexibility index (Phi) is 4.76. The summed E-state index contributed by atoms with van der Waals surface area (Å²) < 4.78 is 0. The molecule has 0 atom stereocenters. The molecule has 5 nitrogen and oxygen atoms in total. The van der Waals surface area contributed by atoms with Gasteiger partial charge in [0.2, 0.25) is 0 Å². The lowest BCUT2D eigenvalue weighted by Crippen LogP contribution is -2.50. The Balaban J connectivity index is 1.87. The van der Waals surface area contributed by atoms with Crippen LogP contribution in [0.1, 0.15) is 5.56 Å². The van der Waals surface area contributed by atoms with E-state index in [9.17, 15) is 4.79 Å². The van der Waals surface area contributed by atoms with Gasteiger partial charge in [-0.25, -0.2) is 4.79 Å². The summed E-state index contributed by atoms with van der Waals surface area (Å²) in [4.78, 5) is 16.1. The van der Waals surface area contributed by atoms with E-state index in [2.05, 4.69) is 10.2 Å². The fraction of sp³-hybridized carbons (Fsp3) is 0.500. The molecule has 2 rings (SSSR count). The molecule has 1 fully saturated rings. The van der Waals surface area contributed by atoms with Crippen molar-refractivity contribution in [1.29, 1.82) is 0 Å². The largest absolute Gasteiger partial charge is 0.395 e. The van der Waals surface area contributed by atoms with Gasteiger partial charge >= 0.3 is 6.03 Å². The van der Waals surface area contributed by atoms with E-state index in [0.29, 0.717) is 19.6 Å². The molecule has 0 bridgehead atoms. The molecule has 2 N–H and O–H groups in total. The van der Waals surface area contributed by atoms with Crippen molar-refractivity contribution in [2.24, 2.45) is 0 Å². The summed E-state index contributed by atoms with van der Waals surface area (Å²) in [6, 6.07) is 7.72. The van der Waals surface area contributed by atoms with Gasteiger partial charge in [-0.2, -0.15) is 0 Å². The lowest BCUT2D eigenvalue weighted by Gasteiger charge is -2.34. The Morgan fingerprint density at radius 1 is 1.26 bits per heavy atom. The van der Waals surface area contributed by atoms with E-state index in [1.165, 1.54) is 0 Å². The smallest absolute Gasteiger partial charge is 0.321 e. The van der Waals surface area contributed by atoms with Crippen LogP contribution >= 0.6 is 0 Å². The van der Waals surface area contributed by atoms with Crippen LogP contribution in [0.2, 0.25) is 0 Å². The number of carbonyl (C=O) groups is 1. The van der Waals surface area contributed by atoms with Crippen molar-refractivity contribution in [1.82, 2.24) is 9.80 Å². The van der Waals surface area contributed by atoms with Crippen LogP contribution in [0.4, 0.5) is 10.5 Å². The van der Waals surface area contributed by atoms with Crippen LogP contribution in [0.3, 0.4) is 0 Å². The standard InChI is InChI=1S/C14H21N3O2/c1-12-4-2-3-5-13(12)15-14(19)17-8-6-16(7-9-17)10-11-18/h2-5,18H,6-11H2,1H3,(H,15,19). The number of nitrogens with zero attached hydrogens (tertiary/aromatic N) is 2. The number of aliphatic hydroxyl groups is 1. The Morgan fingerprint density at radius 2 is 1.95 bits per heavy atom. The first-order chi connectivity index (χ1) is 9.20. The van der Waals surface area contributed by atoms with Crippen molar-refractivity contribution in [3.05, 3.63) is 29.8 Å². The molecular weight excluding hydrogens is 242 g/mol. The van der Waals surface area contributed by atoms with Crippen molar-refractivity contribution in [2.45, 2.75) is 6.92 Å². The number of hydrogen-bond donors (Lipinski definition) is 2. The highest BCUT2D eigenvalue weighted by Gasteiger charge is 2.20. The van der Waals surface area contributed by atoms with Gasteiger partial charge in [0, 0.05) is 38.4 Å². The van der Waals surface area contributed by atoms with Gasteiger partial charge in [0.15, 0.2) is 0 Å². The number of nitrogens with one attached hydrogen (secondary N) is 1. The maximum atomic E-state index is 12.1. The van der Waals surface area contributed by atoms with E-state index in [0.717, 1.165) is 24.3 Å². The van der Waals surface area contributed by atoms with E-state index < -0.39 is 0 Å². The number of β-amino-alcohol motifs (C(OH)–C–C–N with tert-alkyl or cyclic N) is 1. The van der Waals surface area contributed by atoms with Crippen molar-refractivity contribution in [3.8, 4) is 0 Å². The van der Waals surface area contributed by atoms with Crippen LogP contribution in [-0.2, 0) is 0 Å². The predicted octanol–water partition coefficient (Wildman–Crippen LogP) is 1.14. The minimum absolute atomic E-state index is 0.0436. The average molecular weight is 263 g/mol. The maximum Gasteiger partial charge on any atom is 0.321 e. The number of aliphatic hydroxyl groups excluding tert-OH is 1. The summed E-state index contributed by atoms with van der Waals surface area (Å²) in [5, 5.41) is 11.8. The number of rotatable bonds is 3. The number of para-hydroxylation sites is 1. The monoisotopic (exact) mass is 263 g/mol. The molecule has 1 aromatic rings. The summed E-state index contributed by atoms with van der Waals surface area (Å²) in [5.74, 6) is 0. The van der Waals surface area contributed by atoms with Gasteiger partial charge in [0.05, 0.1) is 6.61 Å². The number of urea groups is 1. The van der Waals surface area contributed by atoms with Gasteiger partial charge in [0.1, 0.15) is 0 Å². The molecule has 0 aliphatic carbocycles. The van der Waals surface area contributed by atoms with Crippen LogP contribution < -0.4 is 5.32 Å². The molecule has 104 valence electrons. The first kappa shape index (κ1) is 13.8. The van der Waals surface area contributed by atoms with E-state index in [-0.39, 0.29) is 12.6 Å². The van der Waals surface area contributed by atoms with E-state index in [4.69, 9.17) is 5.11 Å². The normalized spacial score (nSPS) is 16.4. The summed E-state index contributed by atoms with van der Waals surface area (Å²) in [6.45, 7) is 5.90. The second-order valence-corrected chi connectivity index (χ2v) is 4.80. The number of carbonyl (C=O) groups excluding carboxylic acids is 1. The molecule has 1 saturated heterocycles. The summed E-state index contributed by atoms with van der Waals surface area (Å²) >= 11 is 0. The Bertz CT molecular complexity index is 428. The minimum atomic E-state index is -0.0436. The molecule has 1 aromatic carbocycles. The van der Waals surface area contributed by atoms with E-state index >= 15 is 0 Å². The highest BCUT2D eigenvalue weighted by atomic mass is 16.3. The van der Waals surface area contributed by atoms with Crippen molar-refractivity contribution < 1.29 is 9.90 Å². The summed E-state index contributed by atoms with van der Waals surface area (Å²) in [6.07, 6.45) is 0. The van der Waals surface area contributed by atoms with Gasteiger partial charge < -0.3 is 15.3 Å². The third-order valence-electron chi connectivity index (χ3n) is 3.46. The van der Waals surface area contributed by atoms with Crippen LogP contribution in [0.5, 0.6) is 0 Å². The minimum Gasteiger partial charge on any atom is -0.395 e. The molecule has 0 spiro atoms. The van der Waals surface area contributed by atoms with Crippen molar-refractivity contribution in [2.75, 3.05) is 44.6 Å². The molecule has 1 heterocycles. The first-order valence-corrected chi connectivity index (χ1v) is 6.65. The molecule has 0 unspecified atom stereocenters. The second kappa shape index (κ2) is 6.54. The Hall–Kier alpha value is -1.59. The van der Waals surface area contributed by atoms with Crippen LogP contribution in [0, 0.1) is 6.92 Å². The van der Waals surface area contributed by atoms with Crippen molar-refractivity contribution >= 4 is 11.7 Å². The van der Waals surface area contributed by atoms with Crippen LogP contribution in [0.15, 0.2) is 24.3 Å². The zero-order valence-electron chi connectivity index (χ0n) is 11.3. The molecule has 19 heavy (non-hydrogen) atoms. The molecule has 0 aromatic heterocycles. The molecule has 0 radical (unpaired) electrons. The lowest BCUT2D eigenvalue weighted by molar-refractivity contribution is 0.127. The molecular formula is C14H21N3O2. The summed E-state index contributed by atoms with van der Waals surface area (Å²) in [5.41, 5.74) is 1.93. The van der Waals surface area contributed by atoms with Crippen LogP contribution in [0.25, 0.3) is 0 Å². The van der Waals surface area contributed by atoms with Gasteiger partial charge in [0.25, 0.3) is 0 Å². The highest BCUT2D eigenvalue weighted by molar-refractivity contribution is 5.90. The number of benzene rings is 1. The maximum absolute atomic E-state index is 12.1. The third kappa shape index (κ3) is 3.68. The molecule has 0 saturated carbocycles. The average Bonchev–Trinajstić information content (AvgIpc) is 2.42. The Labute approximate surface area is 113 Å². The number of aryl methyl sites for hydroxylation is 1. The molecule has 1 aliphatic heterocycles. The Morgan fingerprint density at radius 3 is 2.58 bits per heavy atom. The summed E-state index contributed by atoms with van der Waals surface area (Å²) in [7, 11) is 0. The van der Waals surface area contributed by atoms with Gasteiger partial charge in [-0.1, -0.05) is 18.2 Å². The third-order valence-corrected chi connectivity index (χ3v) is 3.46. The first-order valence-electron chi connectivity index (χ1n) is 6.65. The van der Waals surface area contributed by atoms with Crippen LogP contribution in [-0.4, -0.2) is 60.3 Å². The molecule has 1 aliphatic rings. The quantitative estimate of drug-likeness (QED) is 0.859. The lowest BCUT2D eigenvalue weighted by atomic mass is 10.2. The van der Waals surface area contributed by atoms with Gasteiger partial charge in [-0.05, 0) is 18.6 Å². The number of piperazine rings is 1. The van der Waals surface area contributed by atoms with E-state index in [1.54, 1.807) is 0 Å². The molecule has 2 amide bonds. The topological polar surface area (TPSA) is 55.8 Å². The van der Waals surface area contributed by atoms with E-state index in [1.807, 2.05) is 36.1 Å². The van der Waals surface area contributed by atoms with Crippen molar-refractivity contribution in [3.63, 3.8) is 0 Å². The number of hydrogen-bond acceptors (Lipinski definition) is 3. The fourth-order valence-corrected chi connectivity index (χ4v) is 2.22. The highest BCUT2D eigenvalue weighted by Crippen LogP contribution is 2.14. The van der Waals surface area contributed by atoms with Gasteiger partial charge in [-0.15, -0.1) is 0 Å². The number of anilines is 1.